The van der Waals surface area contributed by atoms with Gasteiger partial charge in [-0.25, -0.2) is 0 Å². The smallest absolute Gasteiger partial charge is 0.229 e. The summed E-state index contributed by atoms with van der Waals surface area (Å²) in [6.45, 7) is 0. The zero-order valence-corrected chi connectivity index (χ0v) is 9.24. The minimum atomic E-state index is -0.161. The SMILES string of the molecule is OC1CC(c2nc(C3CCCS3)no2)C1. The molecule has 1 N–H and O–H groups in total. The van der Waals surface area contributed by atoms with Crippen LogP contribution in [-0.2, 0) is 0 Å². The molecule has 0 bridgehead atoms. The summed E-state index contributed by atoms with van der Waals surface area (Å²) in [5.74, 6) is 3.08. The van der Waals surface area contributed by atoms with Gasteiger partial charge in [0, 0.05) is 5.92 Å². The summed E-state index contributed by atoms with van der Waals surface area (Å²) < 4.78 is 5.24. The predicted molar refractivity (Wildman–Crippen MR) is 56.7 cm³/mol. The van der Waals surface area contributed by atoms with Crippen molar-refractivity contribution in [3.05, 3.63) is 11.7 Å². The fourth-order valence-electron chi connectivity index (χ4n) is 2.11. The molecule has 1 atom stereocenters. The molecule has 2 aliphatic rings. The molecule has 1 aliphatic carbocycles. The van der Waals surface area contributed by atoms with E-state index in [1.807, 2.05) is 11.8 Å². The van der Waals surface area contributed by atoms with Gasteiger partial charge in [-0.15, -0.1) is 0 Å². The van der Waals surface area contributed by atoms with Crippen molar-refractivity contribution in [3.8, 4) is 0 Å². The van der Waals surface area contributed by atoms with Gasteiger partial charge >= 0.3 is 0 Å². The van der Waals surface area contributed by atoms with Crippen molar-refractivity contribution >= 4 is 11.8 Å². The highest BCUT2D eigenvalue weighted by molar-refractivity contribution is 7.99. The van der Waals surface area contributed by atoms with Gasteiger partial charge in [0.25, 0.3) is 0 Å². The van der Waals surface area contributed by atoms with Gasteiger partial charge in [0.05, 0.1) is 11.4 Å². The summed E-state index contributed by atoms with van der Waals surface area (Å²) >= 11 is 1.91. The topological polar surface area (TPSA) is 59.2 Å². The van der Waals surface area contributed by atoms with Crippen LogP contribution in [0.15, 0.2) is 4.52 Å². The zero-order chi connectivity index (χ0) is 10.3. The summed E-state index contributed by atoms with van der Waals surface area (Å²) in [6.07, 6.45) is 3.81. The molecule has 1 saturated heterocycles. The highest BCUT2D eigenvalue weighted by Gasteiger charge is 2.34. The molecule has 4 nitrogen and oxygen atoms in total. The fraction of sp³-hybridized carbons (Fsp3) is 0.800. The summed E-state index contributed by atoms with van der Waals surface area (Å²) in [6, 6.07) is 0. The summed E-state index contributed by atoms with van der Waals surface area (Å²) in [5.41, 5.74) is 0. The Balaban J connectivity index is 1.70. The van der Waals surface area contributed by atoms with Crippen LogP contribution in [0.1, 0.15) is 48.6 Å². The van der Waals surface area contributed by atoms with Crippen molar-refractivity contribution in [2.45, 2.75) is 43.0 Å². The van der Waals surface area contributed by atoms with E-state index >= 15 is 0 Å². The van der Waals surface area contributed by atoms with Crippen LogP contribution in [0.4, 0.5) is 0 Å². The Kier molecular flexibility index (Phi) is 2.44. The normalized spacial score (nSPS) is 35.4. The number of rotatable bonds is 2. The van der Waals surface area contributed by atoms with E-state index in [1.54, 1.807) is 0 Å². The van der Waals surface area contributed by atoms with Crippen molar-refractivity contribution in [1.82, 2.24) is 10.1 Å². The van der Waals surface area contributed by atoms with Crippen LogP contribution >= 0.6 is 11.8 Å². The van der Waals surface area contributed by atoms with E-state index in [9.17, 15) is 5.11 Å². The second-order valence-electron chi connectivity index (χ2n) is 4.31. The Morgan fingerprint density at radius 3 is 2.93 bits per heavy atom. The monoisotopic (exact) mass is 226 g/mol. The first-order chi connectivity index (χ1) is 7.33. The molecule has 1 unspecified atom stereocenters. The fourth-order valence-corrected chi connectivity index (χ4v) is 3.31. The number of aromatic nitrogens is 2. The first-order valence-electron chi connectivity index (χ1n) is 5.46. The Labute approximate surface area is 92.4 Å². The van der Waals surface area contributed by atoms with Crippen molar-refractivity contribution in [3.63, 3.8) is 0 Å². The molecule has 0 spiro atoms. The van der Waals surface area contributed by atoms with E-state index in [1.165, 1.54) is 12.2 Å². The third-order valence-electron chi connectivity index (χ3n) is 3.14. The second kappa shape index (κ2) is 3.79. The van der Waals surface area contributed by atoms with Crippen LogP contribution in [0.25, 0.3) is 0 Å². The summed E-state index contributed by atoms with van der Waals surface area (Å²) in [7, 11) is 0. The largest absolute Gasteiger partial charge is 0.393 e. The van der Waals surface area contributed by atoms with Crippen molar-refractivity contribution in [2.24, 2.45) is 0 Å². The Morgan fingerprint density at radius 2 is 2.27 bits per heavy atom. The lowest BCUT2D eigenvalue weighted by Crippen LogP contribution is -2.26. The molecule has 15 heavy (non-hydrogen) atoms. The molecule has 0 aromatic carbocycles. The van der Waals surface area contributed by atoms with Gasteiger partial charge in [0.1, 0.15) is 0 Å². The number of aliphatic hydroxyl groups is 1. The second-order valence-corrected chi connectivity index (χ2v) is 5.63. The molecule has 1 aromatic heterocycles. The number of thioether (sulfide) groups is 1. The van der Waals surface area contributed by atoms with E-state index < -0.39 is 0 Å². The summed E-state index contributed by atoms with van der Waals surface area (Å²) in [4.78, 5) is 4.44. The highest BCUT2D eigenvalue weighted by atomic mass is 32.2. The van der Waals surface area contributed by atoms with E-state index in [2.05, 4.69) is 10.1 Å². The third kappa shape index (κ3) is 1.78. The first-order valence-corrected chi connectivity index (χ1v) is 6.51. The molecule has 2 heterocycles. The van der Waals surface area contributed by atoms with Crippen LogP contribution in [0.3, 0.4) is 0 Å². The number of aliphatic hydroxyl groups excluding tert-OH is 1. The Hall–Kier alpha value is -0.550. The van der Waals surface area contributed by atoms with Crippen LogP contribution in [0, 0.1) is 0 Å². The quantitative estimate of drug-likeness (QED) is 0.834. The maximum absolute atomic E-state index is 9.20. The van der Waals surface area contributed by atoms with E-state index in [0.29, 0.717) is 11.2 Å². The van der Waals surface area contributed by atoms with E-state index in [0.717, 1.165) is 31.0 Å². The lowest BCUT2D eigenvalue weighted by atomic mass is 9.82. The third-order valence-corrected chi connectivity index (χ3v) is 4.51. The highest BCUT2D eigenvalue weighted by Crippen LogP contribution is 2.40. The number of hydrogen-bond acceptors (Lipinski definition) is 5. The van der Waals surface area contributed by atoms with Gasteiger partial charge in [0.2, 0.25) is 5.89 Å². The van der Waals surface area contributed by atoms with Gasteiger partial charge in [-0.3, -0.25) is 0 Å². The first kappa shape index (κ1) is 9.66. The number of nitrogens with zero attached hydrogens (tertiary/aromatic N) is 2. The lowest BCUT2D eigenvalue weighted by Gasteiger charge is -2.27. The van der Waals surface area contributed by atoms with Gasteiger partial charge in [-0.1, -0.05) is 5.16 Å². The van der Waals surface area contributed by atoms with Gasteiger partial charge in [-0.2, -0.15) is 16.7 Å². The van der Waals surface area contributed by atoms with E-state index in [4.69, 9.17) is 4.52 Å². The average molecular weight is 226 g/mol. The molecule has 1 saturated carbocycles. The van der Waals surface area contributed by atoms with E-state index in [-0.39, 0.29) is 6.10 Å². The van der Waals surface area contributed by atoms with Crippen LogP contribution in [-0.4, -0.2) is 27.1 Å². The standard InChI is InChI=1S/C10H14N2O2S/c13-7-4-6(5-7)10-11-9(12-14-10)8-2-1-3-15-8/h6-8,13H,1-5H2. The molecule has 5 heteroatoms. The number of hydrogen-bond donors (Lipinski definition) is 1. The van der Waals surface area contributed by atoms with Crippen molar-refractivity contribution in [2.75, 3.05) is 5.75 Å². The predicted octanol–water partition coefficient (Wildman–Crippen LogP) is 1.88. The lowest BCUT2D eigenvalue weighted by molar-refractivity contribution is 0.0625. The molecule has 1 aromatic rings. The molecule has 82 valence electrons. The average Bonchev–Trinajstić information content (AvgIpc) is 2.83. The van der Waals surface area contributed by atoms with Crippen LogP contribution < -0.4 is 0 Å². The maximum Gasteiger partial charge on any atom is 0.229 e. The molecular formula is C10H14N2O2S. The van der Waals surface area contributed by atoms with Crippen molar-refractivity contribution < 1.29 is 9.63 Å². The molecule has 0 radical (unpaired) electrons. The molecular weight excluding hydrogens is 212 g/mol. The molecule has 0 amide bonds. The summed E-state index contributed by atoms with van der Waals surface area (Å²) in [5, 5.41) is 13.7. The van der Waals surface area contributed by atoms with Crippen molar-refractivity contribution in [1.29, 1.82) is 0 Å². The van der Waals surface area contributed by atoms with Crippen LogP contribution in [0.5, 0.6) is 0 Å². The van der Waals surface area contributed by atoms with Crippen LogP contribution in [0.2, 0.25) is 0 Å². The maximum atomic E-state index is 9.20. The van der Waals surface area contributed by atoms with Gasteiger partial charge in [-0.05, 0) is 31.4 Å². The zero-order valence-electron chi connectivity index (χ0n) is 8.43. The minimum absolute atomic E-state index is 0.161. The van der Waals surface area contributed by atoms with Gasteiger partial charge in [0.15, 0.2) is 5.82 Å². The minimum Gasteiger partial charge on any atom is -0.393 e. The molecule has 2 fully saturated rings. The Bertz CT molecular complexity index is 343. The molecule has 3 rings (SSSR count). The van der Waals surface area contributed by atoms with Gasteiger partial charge < -0.3 is 9.63 Å². The molecule has 1 aliphatic heterocycles. The Morgan fingerprint density at radius 1 is 1.40 bits per heavy atom.